The maximum absolute atomic E-state index is 10.1. The van der Waals surface area contributed by atoms with Crippen LogP contribution in [0, 0.1) is 6.92 Å². The molecule has 0 spiro atoms. The first kappa shape index (κ1) is 13.0. The van der Waals surface area contributed by atoms with Crippen molar-refractivity contribution in [2.45, 2.75) is 33.5 Å². The third-order valence-corrected chi connectivity index (χ3v) is 2.83. The van der Waals surface area contributed by atoms with Gasteiger partial charge in [0, 0.05) is 19.8 Å². The van der Waals surface area contributed by atoms with Crippen LogP contribution >= 0.6 is 0 Å². The van der Waals surface area contributed by atoms with Crippen molar-refractivity contribution in [3.05, 3.63) is 28.3 Å². The summed E-state index contributed by atoms with van der Waals surface area (Å²) in [7, 11) is 3.29. The summed E-state index contributed by atoms with van der Waals surface area (Å²) in [5.41, 5.74) is 3.93. The highest BCUT2D eigenvalue weighted by molar-refractivity contribution is 5.49. The molecule has 3 heteroatoms. The second kappa shape index (κ2) is 5.87. The highest BCUT2D eigenvalue weighted by atomic mass is 16.5. The molecule has 0 aliphatic rings. The molecule has 0 fully saturated rings. The van der Waals surface area contributed by atoms with Crippen LogP contribution in [-0.2, 0) is 29.1 Å². The maximum Gasteiger partial charge on any atom is 0.124 e. The Balaban J connectivity index is 3.24. The number of phenolic OH excluding ortho intramolecular Hbond substituents is 1. The van der Waals surface area contributed by atoms with Crippen LogP contribution in [-0.4, -0.2) is 19.3 Å². The molecule has 1 rings (SSSR count). The van der Waals surface area contributed by atoms with Crippen LogP contribution in [0.5, 0.6) is 5.75 Å². The Morgan fingerprint density at radius 3 is 2.25 bits per heavy atom. The summed E-state index contributed by atoms with van der Waals surface area (Å²) in [5, 5.41) is 10.1. The molecule has 0 radical (unpaired) electrons. The van der Waals surface area contributed by atoms with Gasteiger partial charge in [0.1, 0.15) is 5.75 Å². The van der Waals surface area contributed by atoms with Crippen molar-refractivity contribution in [1.82, 2.24) is 0 Å². The summed E-state index contributed by atoms with van der Waals surface area (Å²) >= 11 is 0. The number of aryl methyl sites for hydroxylation is 1. The molecule has 90 valence electrons. The van der Waals surface area contributed by atoms with E-state index in [4.69, 9.17) is 9.47 Å². The third-order valence-electron chi connectivity index (χ3n) is 2.83. The molecule has 0 atom stereocenters. The number of phenols is 1. The lowest BCUT2D eigenvalue weighted by Crippen LogP contribution is -2.02. The van der Waals surface area contributed by atoms with Gasteiger partial charge in [0.25, 0.3) is 0 Å². The Morgan fingerprint density at radius 2 is 1.75 bits per heavy atom. The Kier molecular flexibility index (Phi) is 4.77. The minimum absolute atomic E-state index is 0.341. The molecule has 1 aromatic rings. The van der Waals surface area contributed by atoms with Gasteiger partial charge in [-0.3, -0.25) is 0 Å². The standard InChI is InChI=1S/C13H20O3/c1-5-10-6-11(7-15-3)9(2)13(14)12(10)8-16-4/h6,14H,5,7-8H2,1-4H3. The zero-order valence-electron chi connectivity index (χ0n) is 10.5. The van der Waals surface area contributed by atoms with Gasteiger partial charge in [0.2, 0.25) is 0 Å². The number of aromatic hydroxyl groups is 1. The molecule has 0 saturated heterocycles. The van der Waals surface area contributed by atoms with Gasteiger partial charge in [-0.15, -0.1) is 0 Å². The van der Waals surface area contributed by atoms with E-state index in [9.17, 15) is 5.11 Å². The lowest BCUT2D eigenvalue weighted by molar-refractivity contribution is 0.178. The van der Waals surface area contributed by atoms with E-state index >= 15 is 0 Å². The van der Waals surface area contributed by atoms with E-state index < -0.39 is 0 Å². The summed E-state index contributed by atoms with van der Waals surface area (Å²) in [6, 6.07) is 2.09. The first-order valence-corrected chi connectivity index (χ1v) is 5.46. The normalized spacial score (nSPS) is 10.8. The quantitative estimate of drug-likeness (QED) is 0.835. The van der Waals surface area contributed by atoms with E-state index in [0.29, 0.717) is 19.0 Å². The average Bonchev–Trinajstić information content (AvgIpc) is 2.29. The first-order valence-electron chi connectivity index (χ1n) is 5.46. The Bertz CT molecular complexity index is 359. The number of hydrogen-bond acceptors (Lipinski definition) is 3. The SMILES string of the molecule is CCc1cc(COC)c(C)c(O)c1COC. The summed E-state index contributed by atoms with van der Waals surface area (Å²) in [6.07, 6.45) is 0.878. The van der Waals surface area contributed by atoms with E-state index in [-0.39, 0.29) is 0 Å². The predicted octanol–water partition coefficient (Wildman–Crippen LogP) is 2.56. The second-order valence-corrected chi connectivity index (χ2v) is 3.87. The molecule has 16 heavy (non-hydrogen) atoms. The van der Waals surface area contributed by atoms with E-state index in [0.717, 1.165) is 28.7 Å². The van der Waals surface area contributed by atoms with Crippen LogP contribution in [0.2, 0.25) is 0 Å². The molecule has 3 nitrogen and oxygen atoms in total. The van der Waals surface area contributed by atoms with Crippen molar-refractivity contribution >= 4 is 0 Å². The van der Waals surface area contributed by atoms with Crippen LogP contribution in [0.3, 0.4) is 0 Å². The van der Waals surface area contributed by atoms with E-state index in [1.54, 1.807) is 14.2 Å². The van der Waals surface area contributed by atoms with Crippen molar-refractivity contribution in [1.29, 1.82) is 0 Å². The molecule has 0 aliphatic heterocycles. The topological polar surface area (TPSA) is 38.7 Å². The molecule has 0 amide bonds. The lowest BCUT2D eigenvalue weighted by Gasteiger charge is -2.15. The molecule has 0 heterocycles. The predicted molar refractivity (Wildman–Crippen MR) is 63.6 cm³/mol. The molecule has 0 saturated carbocycles. The van der Waals surface area contributed by atoms with Crippen molar-refractivity contribution in [3.8, 4) is 5.75 Å². The third kappa shape index (κ3) is 2.54. The molecule has 0 aliphatic carbocycles. The highest BCUT2D eigenvalue weighted by Gasteiger charge is 2.13. The minimum Gasteiger partial charge on any atom is -0.507 e. The second-order valence-electron chi connectivity index (χ2n) is 3.87. The lowest BCUT2D eigenvalue weighted by atomic mass is 9.96. The zero-order chi connectivity index (χ0) is 12.1. The van der Waals surface area contributed by atoms with Crippen molar-refractivity contribution in [2.75, 3.05) is 14.2 Å². The monoisotopic (exact) mass is 224 g/mol. The van der Waals surface area contributed by atoms with Gasteiger partial charge >= 0.3 is 0 Å². The number of rotatable bonds is 5. The molecular formula is C13H20O3. The van der Waals surface area contributed by atoms with Crippen LogP contribution in [0.25, 0.3) is 0 Å². The molecule has 0 unspecified atom stereocenters. The van der Waals surface area contributed by atoms with Gasteiger partial charge in [-0.05, 0) is 30.0 Å². The Morgan fingerprint density at radius 1 is 1.12 bits per heavy atom. The Hall–Kier alpha value is -1.06. The largest absolute Gasteiger partial charge is 0.507 e. The first-order chi connectivity index (χ1) is 7.65. The van der Waals surface area contributed by atoms with Gasteiger partial charge in [-0.25, -0.2) is 0 Å². The maximum atomic E-state index is 10.1. The van der Waals surface area contributed by atoms with Crippen molar-refractivity contribution in [2.24, 2.45) is 0 Å². The fraction of sp³-hybridized carbons (Fsp3) is 0.538. The van der Waals surface area contributed by atoms with Crippen molar-refractivity contribution in [3.63, 3.8) is 0 Å². The van der Waals surface area contributed by atoms with Crippen LogP contribution in [0.15, 0.2) is 6.07 Å². The van der Waals surface area contributed by atoms with Crippen LogP contribution in [0.1, 0.15) is 29.2 Å². The van der Waals surface area contributed by atoms with E-state index in [1.165, 1.54) is 0 Å². The van der Waals surface area contributed by atoms with Crippen LogP contribution in [0.4, 0.5) is 0 Å². The Labute approximate surface area is 97.0 Å². The summed E-state index contributed by atoms with van der Waals surface area (Å²) in [6.45, 7) is 4.95. The fourth-order valence-corrected chi connectivity index (χ4v) is 1.86. The number of methoxy groups -OCH3 is 2. The summed E-state index contributed by atoms with van der Waals surface area (Å²) in [5.74, 6) is 0.341. The molecular weight excluding hydrogens is 204 g/mol. The number of benzene rings is 1. The van der Waals surface area contributed by atoms with Gasteiger partial charge in [0.15, 0.2) is 0 Å². The summed E-state index contributed by atoms with van der Waals surface area (Å²) < 4.78 is 10.2. The zero-order valence-corrected chi connectivity index (χ0v) is 10.5. The van der Waals surface area contributed by atoms with Gasteiger partial charge in [-0.1, -0.05) is 13.0 Å². The van der Waals surface area contributed by atoms with Gasteiger partial charge in [-0.2, -0.15) is 0 Å². The number of hydrogen-bond donors (Lipinski definition) is 1. The van der Waals surface area contributed by atoms with Gasteiger partial charge < -0.3 is 14.6 Å². The molecule has 1 aromatic carbocycles. The van der Waals surface area contributed by atoms with Crippen molar-refractivity contribution < 1.29 is 14.6 Å². The minimum atomic E-state index is 0.341. The molecule has 1 N–H and O–H groups in total. The molecule has 0 bridgehead atoms. The fourth-order valence-electron chi connectivity index (χ4n) is 1.86. The van der Waals surface area contributed by atoms with E-state index in [1.807, 2.05) is 6.92 Å². The number of ether oxygens (including phenoxy) is 2. The smallest absolute Gasteiger partial charge is 0.124 e. The molecule has 0 aromatic heterocycles. The van der Waals surface area contributed by atoms with Gasteiger partial charge in [0.05, 0.1) is 13.2 Å². The van der Waals surface area contributed by atoms with Crippen LogP contribution < -0.4 is 0 Å². The average molecular weight is 224 g/mol. The summed E-state index contributed by atoms with van der Waals surface area (Å²) in [4.78, 5) is 0. The highest BCUT2D eigenvalue weighted by Crippen LogP contribution is 2.30. The van der Waals surface area contributed by atoms with E-state index in [2.05, 4.69) is 13.0 Å².